The van der Waals surface area contributed by atoms with Gasteiger partial charge < -0.3 is 10.5 Å². The second-order valence-corrected chi connectivity index (χ2v) is 7.26. The number of ether oxygens (including phenoxy) is 1. The topological polar surface area (TPSA) is 64.0 Å². The van der Waals surface area contributed by atoms with Crippen LogP contribution in [0.3, 0.4) is 0 Å². The maximum Gasteiger partial charge on any atom is 0.224 e. The number of nitrogens with two attached hydrogens (primary N) is 1. The summed E-state index contributed by atoms with van der Waals surface area (Å²) >= 11 is 0. The largest absolute Gasteiger partial charge is 0.438 e. The Hall–Kier alpha value is -3.19. The molecule has 0 saturated carbocycles. The highest BCUT2D eigenvalue weighted by Crippen LogP contribution is 2.34. The predicted octanol–water partition coefficient (Wildman–Crippen LogP) is 5.52. The third-order valence-corrected chi connectivity index (χ3v) is 4.70. The highest BCUT2D eigenvalue weighted by atomic mass is 16.5. The smallest absolute Gasteiger partial charge is 0.224 e. The molecule has 1 heterocycles. The van der Waals surface area contributed by atoms with Crippen molar-refractivity contribution in [2.45, 2.75) is 40.2 Å². The van der Waals surface area contributed by atoms with Crippen molar-refractivity contribution >= 4 is 5.69 Å². The highest BCUT2D eigenvalue weighted by molar-refractivity contribution is 5.57. The first kappa shape index (κ1) is 18.6. The number of benzene rings is 2. The Labute approximate surface area is 160 Å². The molecule has 27 heavy (non-hydrogen) atoms. The summed E-state index contributed by atoms with van der Waals surface area (Å²) in [4.78, 5) is 0. The molecule has 0 fully saturated rings. The van der Waals surface area contributed by atoms with Crippen LogP contribution in [-0.4, -0.2) is 4.57 Å². The van der Waals surface area contributed by atoms with E-state index in [9.17, 15) is 5.26 Å². The third-order valence-electron chi connectivity index (χ3n) is 4.70. The lowest BCUT2D eigenvalue weighted by Crippen LogP contribution is -2.06. The SMILES string of the molecule is Cc1cccc(Cn2c(C#N)cc(N)c2Oc2cc(C(C)C)ccc2C)c1. The second-order valence-electron chi connectivity index (χ2n) is 7.26. The van der Waals surface area contributed by atoms with Crippen LogP contribution in [0.25, 0.3) is 0 Å². The molecule has 0 unspecified atom stereocenters. The van der Waals surface area contributed by atoms with Gasteiger partial charge in [-0.25, -0.2) is 0 Å². The van der Waals surface area contributed by atoms with Crippen LogP contribution in [0.2, 0.25) is 0 Å². The average molecular weight is 359 g/mol. The van der Waals surface area contributed by atoms with Gasteiger partial charge in [-0.05, 0) is 42.5 Å². The van der Waals surface area contributed by atoms with Gasteiger partial charge in [0.05, 0.1) is 12.2 Å². The van der Waals surface area contributed by atoms with Crippen LogP contribution in [0.1, 0.15) is 47.7 Å². The van der Waals surface area contributed by atoms with E-state index in [1.54, 1.807) is 6.07 Å². The molecule has 0 saturated heterocycles. The fourth-order valence-electron chi connectivity index (χ4n) is 3.10. The molecule has 2 N–H and O–H groups in total. The standard InChI is InChI=1S/C23H25N3O/c1-15(2)19-9-8-17(4)22(11-19)27-23-21(25)12-20(13-24)26(23)14-18-7-5-6-16(3)10-18/h5-12,15H,14,25H2,1-4H3. The summed E-state index contributed by atoms with van der Waals surface area (Å²) in [6.07, 6.45) is 0. The van der Waals surface area contributed by atoms with Crippen molar-refractivity contribution in [3.63, 3.8) is 0 Å². The van der Waals surface area contributed by atoms with Crippen molar-refractivity contribution in [3.05, 3.63) is 76.5 Å². The molecule has 2 aromatic carbocycles. The van der Waals surface area contributed by atoms with Gasteiger partial charge in [0.2, 0.25) is 5.88 Å². The lowest BCUT2D eigenvalue weighted by Gasteiger charge is -2.16. The number of hydrogen-bond donors (Lipinski definition) is 1. The molecule has 0 atom stereocenters. The summed E-state index contributed by atoms with van der Waals surface area (Å²) < 4.78 is 8.07. The first-order valence-electron chi connectivity index (χ1n) is 9.12. The van der Waals surface area contributed by atoms with Crippen LogP contribution in [0.15, 0.2) is 48.5 Å². The number of nitrogen functional groups attached to an aromatic ring is 1. The number of nitrogens with zero attached hydrogens (tertiary/aromatic N) is 2. The predicted molar refractivity (Wildman–Crippen MR) is 109 cm³/mol. The Kier molecular flexibility index (Phi) is 5.23. The molecular formula is C23H25N3O. The van der Waals surface area contributed by atoms with E-state index >= 15 is 0 Å². The number of anilines is 1. The van der Waals surface area contributed by atoms with Crippen molar-refractivity contribution in [2.24, 2.45) is 0 Å². The lowest BCUT2D eigenvalue weighted by atomic mass is 10.0. The van der Waals surface area contributed by atoms with Crippen molar-refractivity contribution in [3.8, 4) is 17.7 Å². The molecule has 138 valence electrons. The van der Waals surface area contributed by atoms with Gasteiger partial charge in [0, 0.05) is 6.07 Å². The number of hydrogen-bond acceptors (Lipinski definition) is 3. The summed E-state index contributed by atoms with van der Waals surface area (Å²) in [5.74, 6) is 1.68. The molecule has 3 rings (SSSR count). The van der Waals surface area contributed by atoms with Crippen molar-refractivity contribution < 1.29 is 4.74 Å². The monoisotopic (exact) mass is 359 g/mol. The molecule has 0 spiro atoms. The van der Waals surface area contributed by atoms with E-state index in [0.717, 1.165) is 16.9 Å². The van der Waals surface area contributed by atoms with Crippen LogP contribution in [0.4, 0.5) is 5.69 Å². The van der Waals surface area contributed by atoms with Crippen LogP contribution < -0.4 is 10.5 Å². The van der Waals surface area contributed by atoms with Gasteiger partial charge in [-0.1, -0.05) is 55.8 Å². The zero-order valence-corrected chi connectivity index (χ0v) is 16.3. The molecule has 3 aromatic rings. The van der Waals surface area contributed by atoms with E-state index in [-0.39, 0.29) is 0 Å². The van der Waals surface area contributed by atoms with Gasteiger partial charge >= 0.3 is 0 Å². The van der Waals surface area contributed by atoms with E-state index < -0.39 is 0 Å². The molecular weight excluding hydrogens is 334 g/mol. The van der Waals surface area contributed by atoms with Crippen LogP contribution in [0, 0.1) is 25.2 Å². The van der Waals surface area contributed by atoms with Crippen LogP contribution in [-0.2, 0) is 6.54 Å². The van der Waals surface area contributed by atoms with Crippen LogP contribution >= 0.6 is 0 Å². The summed E-state index contributed by atoms with van der Waals surface area (Å²) in [7, 11) is 0. The molecule has 0 aliphatic rings. The van der Waals surface area contributed by atoms with E-state index in [1.807, 2.05) is 23.6 Å². The van der Waals surface area contributed by atoms with Crippen molar-refractivity contribution in [1.82, 2.24) is 4.57 Å². The Balaban J connectivity index is 2.02. The first-order valence-corrected chi connectivity index (χ1v) is 9.12. The average Bonchev–Trinajstić information content (AvgIpc) is 2.92. The van der Waals surface area contributed by atoms with Crippen molar-refractivity contribution in [1.29, 1.82) is 5.26 Å². The molecule has 4 heteroatoms. The molecule has 0 bridgehead atoms. The van der Waals surface area contributed by atoms with Gasteiger partial charge in [0.15, 0.2) is 0 Å². The van der Waals surface area contributed by atoms with Crippen molar-refractivity contribution in [2.75, 3.05) is 5.73 Å². The number of nitriles is 1. The maximum absolute atomic E-state index is 9.54. The number of aromatic nitrogens is 1. The molecule has 0 aliphatic heterocycles. The molecule has 0 aliphatic carbocycles. The van der Waals surface area contributed by atoms with Crippen LogP contribution in [0.5, 0.6) is 11.6 Å². The summed E-state index contributed by atoms with van der Waals surface area (Å²) in [6, 6.07) is 18.3. The normalized spacial score (nSPS) is 10.8. The fraction of sp³-hybridized carbons (Fsp3) is 0.261. The second kappa shape index (κ2) is 7.59. The fourth-order valence-corrected chi connectivity index (χ4v) is 3.10. The summed E-state index contributed by atoms with van der Waals surface area (Å²) in [5, 5.41) is 9.54. The quantitative estimate of drug-likeness (QED) is 0.652. The highest BCUT2D eigenvalue weighted by Gasteiger charge is 2.17. The Morgan fingerprint density at radius 2 is 1.89 bits per heavy atom. The Morgan fingerprint density at radius 3 is 2.56 bits per heavy atom. The van der Waals surface area contributed by atoms with Gasteiger partial charge in [0.1, 0.15) is 17.5 Å². The molecule has 4 nitrogen and oxygen atoms in total. The Morgan fingerprint density at radius 1 is 1.11 bits per heavy atom. The maximum atomic E-state index is 9.54. The molecule has 1 aromatic heterocycles. The molecule has 0 amide bonds. The minimum absolute atomic E-state index is 0.402. The van der Waals surface area contributed by atoms with E-state index in [4.69, 9.17) is 10.5 Å². The summed E-state index contributed by atoms with van der Waals surface area (Å²) in [6.45, 7) is 8.89. The lowest BCUT2D eigenvalue weighted by molar-refractivity contribution is 0.433. The van der Waals surface area contributed by atoms with Gasteiger partial charge in [-0.2, -0.15) is 5.26 Å². The third kappa shape index (κ3) is 3.98. The van der Waals surface area contributed by atoms with E-state index in [1.165, 1.54) is 11.1 Å². The minimum atomic E-state index is 0.402. The number of rotatable bonds is 5. The van der Waals surface area contributed by atoms with Gasteiger partial charge in [0.25, 0.3) is 0 Å². The summed E-state index contributed by atoms with van der Waals surface area (Å²) in [5.41, 5.74) is 11.7. The van der Waals surface area contributed by atoms with E-state index in [2.05, 4.69) is 57.2 Å². The zero-order valence-electron chi connectivity index (χ0n) is 16.3. The van der Waals surface area contributed by atoms with Gasteiger partial charge in [-0.15, -0.1) is 0 Å². The number of aryl methyl sites for hydroxylation is 2. The minimum Gasteiger partial charge on any atom is -0.438 e. The zero-order chi connectivity index (χ0) is 19.6. The van der Waals surface area contributed by atoms with Gasteiger partial charge in [-0.3, -0.25) is 4.57 Å². The first-order chi connectivity index (χ1) is 12.9. The Bertz CT molecular complexity index is 1010. The van der Waals surface area contributed by atoms with E-state index in [0.29, 0.717) is 29.7 Å². The molecule has 0 radical (unpaired) electrons.